The molecule has 0 radical (unpaired) electrons. The molecule has 0 saturated heterocycles. The van der Waals surface area contributed by atoms with E-state index in [1.807, 2.05) is 16.7 Å². The van der Waals surface area contributed by atoms with Gasteiger partial charge in [-0.05, 0) is 63.4 Å². The first-order valence-corrected chi connectivity index (χ1v) is 12.4. The fourth-order valence-corrected chi connectivity index (χ4v) is 6.33. The van der Waals surface area contributed by atoms with E-state index in [9.17, 15) is 4.79 Å². The van der Waals surface area contributed by atoms with Crippen molar-refractivity contribution in [2.45, 2.75) is 51.6 Å². The van der Waals surface area contributed by atoms with E-state index in [-0.39, 0.29) is 5.56 Å². The highest BCUT2D eigenvalue weighted by atomic mass is 32.2. The molecule has 0 saturated carbocycles. The van der Waals surface area contributed by atoms with Crippen LogP contribution in [-0.4, -0.2) is 39.8 Å². The SMILES string of the molecule is CCN(CC)CCSc1nc2sc3c(c2c(=O)n1-c1ccc(C)cc1)CCCC3. The van der Waals surface area contributed by atoms with E-state index < -0.39 is 0 Å². The van der Waals surface area contributed by atoms with E-state index in [0.29, 0.717) is 0 Å². The topological polar surface area (TPSA) is 38.1 Å². The Kier molecular flexibility index (Phi) is 6.42. The molecule has 29 heavy (non-hydrogen) atoms. The van der Waals surface area contributed by atoms with Crippen LogP contribution in [0.15, 0.2) is 34.2 Å². The number of hydrogen-bond donors (Lipinski definition) is 0. The lowest BCUT2D eigenvalue weighted by molar-refractivity contribution is 0.324. The van der Waals surface area contributed by atoms with Gasteiger partial charge < -0.3 is 4.90 Å². The summed E-state index contributed by atoms with van der Waals surface area (Å²) in [6.45, 7) is 9.55. The van der Waals surface area contributed by atoms with E-state index in [2.05, 4.69) is 37.8 Å². The van der Waals surface area contributed by atoms with Crippen LogP contribution < -0.4 is 5.56 Å². The van der Waals surface area contributed by atoms with Crippen molar-refractivity contribution >= 4 is 33.3 Å². The third kappa shape index (κ3) is 4.16. The van der Waals surface area contributed by atoms with Crippen LogP contribution in [0.25, 0.3) is 15.9 Å². The summed E-state index contributed by atoms with van der Waals surface area (Å²) in [6.07, 6.45) is 4.49. The van der Waals surface area contributed by atoms with Gasteiger partial charge in [0.15, 0.2) is 5.16 Å². The Hall–Kier alpha value is -1.63. The van der Waals surface area contributed by atoms with Crippen LogP contribution in [0.5, 0.6) is 0 Å². The van der Waals surface area contributed by atoms with Crippen molar-refractivity contribution in [3.8, 4) is 5.69 Å². The first kappa shape index (κ1) is 20.6. The zero-order valence-corrected chi connectivity index (χ0v) is 19.2. The molecule has 0 amide bonds. The molecule has 6 heteroatoms. The monoisotopic (exact) mass is 427 g/mol. The quantitative estimate of drug-likeness (QED) is 0.390. The second kappa shape index (κ2) is 9.02. The zero-order chi connectivity index (χ0) is 20.4. The summed E-state index contributed by atoms with van der Waals surface area (Å²) in [6, 6.07) is 8.22. The van der Waals surface area contributed by atoms with Gasteiger partial charge in [0, 0.05) is 17.2 Å². The summed E-state index contributed by atoms with van der Waals surface area (Å²) in [5.74, 6) is 0.927. The molecule has 0 N–H and O–H groups in total. The summed E-state index contributed by atoms with van der Waals surface area (Å²) in [5, 5.41) is 1.68. The van der Waals surface area contributed by atoms with E-state index in [1.165, 1.54) is 28.8 Å². The number of aromatic nitrogens is 2. The van der Waals surface area contributed by atoms with E-state index >= 15 is 0 Å². The number of thioether (sulfide) groups is 1. The minimum atomic E-state index is 0.101. The molecule has 0 spiro atoms. The highest BCUT2D eigenvalue weighted by Gasteiger charge is 2.22. The van der Waals surface area contributed by atoms with Gasteiger partial charge in [0.1, 0.15) is 4.83 Å². The molecule has 154 valence electrons. The van der Waals surface area contributed by atoms with Crippen molar-refractivity contribution in [1.82, 2.24) is 14.5 Å². The van der Waals surface area contributed by atoms with Crippen LogP contribution in [0, 0.1) is 6.92 Å². The molecular weight excluding hydrogens is 398 g/mol. The highest BCUT2D eigenvalue weighted by Crippen LogP contribution is 2.35. The minimum Gasteiger partial charge on any atom is -0.303 e. The Morgan fingerprint density at radius 2 is 1.86 bits per heavy atom. The highest BCUT2D eigenvalue weighted by molar-refractivity contribution is 7.99. The van der Waals surface area contributed by atoms with Gasteiger partial charge in [0.2, 0.25) is 0 Å². The summed E-state index contributed by atoms with van der Waals surface area (Å²) in [4.78, 5) is 23.4. The van der Waals surface area contributed by atoms with Crippen molar-refractivity contribution in [2.24, 2.45) is 0 Å². The predicted octanol–water partition coefficient (Wildman–Crippen LogP) is 5.07. The van der Waals surface area contributed by atoms with Crippen molar-refractivity contribution in [3.63, 3.8) is 0 Å². The van der Waals surface area contributed by atoms with Gasteiger partial charge in [-0.1, -0.05) is 43.3 Å². The Morgan fingerprint density at radius 3 is 2.59 bits per heavy atom. The molecule has 1 aromatic carbocycles. The Balaban J connectivity index is 1.80. The van der Waals surface area contributed by atoms with Crippen molar-refractivity contribution < 1.29 is 0 Å². The first-order chi connectivity index (χ1) is 14.1. The van der Waals surface area contributed by atoms with Gasteiger partial charge in [-0.3, -0.25) is 9.36 Å². The van der Waals surface area contributed by atoms with Gasteiger partial charge in [-0.15, -0.1) is 11.3 Å². The van der Waals surface area contributed by atoms with Gasteiger partial charge >= 0.3 is 0 Å². The average molecular weight is 428 g/mol. The number of benzene rings is 1. The van der Waals surface area contributed by atoms with Crippen molar-refractivity contribution in [3.05, 3.63) is 50.6 Å². The molecule has 4 nitrogen and oxygen atoms in total. The minimum absolute atomic E-state index is 0.101. The van der Waals surface area contributed by atoms with E-state index in [1.54, 1.807) is 23.1 Å². The summed E-state index contributed by atoms with van der Waals surface area (Å²) in [5.41, 5.74) is 3.47. The van der Waals surface area contributed by atoms with Crippen LogP contribution in [0.4, 0.5) is 0 Å². The molecule has 1 aliphatic carbocycles. The Morgan fingerprint density at radius 1 is 1.14 bits per heavy atom. The van der Waals surface area contributed by atoms with Crippen molar-refractivity contribution in [2.75, 3.05) is 25.4 Å². The summed E-state index contributed by atoms with van der Waals surface area (Å²) in [7, 11) is 0. The first-order valence-electron chi connectivity index (χ1n) is 10.6. The number of aryl methyl sites for hydroxylation is 3. The maximum absolute atomic E-state index is 13.7. The molecule has 0 unspecified atom stereocenters. The van der Waals surface area contributed by atoms with Crippen LogP contribution in [0.2, 0.25) is 0 Å². The molecule has 3 aromatic rings. The number of thiophene rings is 1. The molecule has 0 aliphatic heterocycles. The maximum Gasteiger partial charge on any atom is 0.267 e. The molecule has 2 aromatic heterocycles. The number of fused-ring (bicyclic) bond motifs is 3. The van der Waals surface area contributed by atoms with Crippen LogP contribution in [0.1, 0.15) is 42.7 Å². The normalized spacial score (nSPS) is 13.9. The van der Waals surface area contributed by atoms with Gasteiger partial charge in [0.05, 0.1) is 11.1 Å². The molecule has 0 fully saturated rings. The molecular formula is C23H29N3OS2. The lowest BCUT2D eigenvalue weighted by Gasteiger charge is -2.18. The van der Waals surface area contributed by atoms with Crippen LogP contribution in [-0.2, 0) is 12.8 Å². The van der Waals surface area contributed by atoms with Gasteiger partial charge in [0.25, 0.3) is 5.56 Å². The molecule has 2 heterocycles. The predicted molar refractivity (Wildman–Crippen MR) is 125 cm³/mol. The second-order valence-corrected chi connectivity index (χ2v) is 9.78. The van der Waals surface area contributed by atoms with E-state index in [0.717, 1.165) is 59.3 Å². The van der Waals surface area contributed by atoms with E-state index in [4.69, 9.17) is 4.98 Å². The fourth-order valence-electron chi connectivity index (χ4n) is 4.01. The van der Waals surface area contributed by atoms with Gasteiger partial charge in [-0.25, -0.2) is 4.98 Å². The van der Waals surface area contributed by atoms with Crippen LogP contribution in [0.3, 0.4) is 0 Å². The number of nitrogens with zero attached hydrogens (tertiary/aromatic N) is 3. The number of hydrogen-bond acceptors (Lipinski definition) is 5. The Labute approximate surface area is 181 Å². The smallest absolute Gasteiger partial charge is 0.267 e. The third-order valence-corrected chi connectivity index (χ3v) is 7.89. The van der Waals surface area contributed by atoms with Crippen LogP contribution >= 0.6 is 23.1 Å². The lowest BCUT2D eigenvalue weighted by atomic mass is 9.97. The second-order valence-electron chi connectivity index (χ2n) is 7.64. The Bertz CT molecular complexity index is 1050. The zero-order valence-electron chi connectivity index (χ0n) is 17.5. The maximum atomic E-state index is 13.7. The third-order valence-electron chi connectivity index (χ3n) is 5.78. The fraction of sp³-hybridized carbons (Fsp3) is 0.478. The molecule has 4 rings (SSSR count). The summed E-state index contributed by atoms with van der Waals surface area (Å²) >= 11 is 3.43. The lowest BCUT2D eigenvalue weighted by Crippen LogP contribution is -2.26. The largest absolute Gasteiger partial charge is 0.303 e. The van der Waals surface area contributed by atoms with Crippen molar-refractivity contribution in [1.29, 1.82) is 0 Å². The number of rotatable bonds is 7. The average Bonchev–Trinajstić information content (AvgIpc) is 3.11. The molecule has 0 bridgehead atoms. The standard InChI is InChI=1S/C23H29N3OS2/c1-4-25(5-2)14-15-28-23-24-21-20(18-8-6-7-9-19(18)29-21)22(27)26(23)17-12-10-16(3)11-13-17/h10-13H,4-9,14-15H2,1-3H3. The molecule has 0 atom stereocenters. The summed E-state index contributed by atoms with van der Waals surface area (Å²) < 4.78 is 1.84. The molecule has 1 aliphatic rings. The van der Waals surface area contributed by atoms with Gasteiger partial charge in [-0.2, -0.15) is 0 Å².